The molecule has 0 saturated carbocycles. The van der Waals surface area contributed by atoms with E-state index in [1.807, 2.05) is 12.1 Å². The molecule has 4 rings (SSSR count). The Morgan fingerprint density at radius 3 is 2.79 bits per heavy atom. The molecule has 1 N–H and O–H groups in total. The molecule has 12 heteroatoms. The summed E-state index contributed by atoms with van der Waals surface area (Å²) in [7, 11) is 1.42. The molecule has 148 valence electrons. The molecule has 0 aliphatic rings. The van der Waals surface area contributed by atoms with Crippen molar-refractivity contribution >= 4 is 22.4 Å². The second kappa shape index (κ2) is 7.13. The number of alkyl halides is 3. The van der Waals surface area contributed by atoms with Crippen molar-refractivity contribution in [1.29, 1.82) is 0 Å². The summed E-state index contributed by atoms with van der Waals surface area (Å²) in [6.45, 7) is 0. The number of carbonyl (C=O) groups excluding carboxylic acids is 1. The van der Waals surface area contributed by atoms with Crippen LogP contribution in [0.5, 0.6) is 0 Å². The molecule has 1 amide bonds. The monoisotopic (exact) mass is 419 g/mol. The van der Waals surface area contributed by atoms with Crippen LogP contribution in [0.4, 0.5) is 18.3 Å². The van der Waals surface area contributed by atoms with Gasteiger partial charge in [-0.3, -0.25) is 10.1 Å². The fraction of sp³-hybridized carbons (Fsp3) is 0.118. The van der Waals surface area contributed by atoms with E-state index in [-0.39, 0.29) is 5.13 Å². The number of anilines is 1. The number of carbonyl (C=O) groups is 1. The van der Waals surface area contributed by atoms with E-state index in [0.717, 1.165) is 29.3 Å². The van der Waals surface area contributed by atoms with Crippen LogP contribution in [0.15, 0.2) is 48.4 Å². The molecule has 3 heterocycles. The highest BCUT2D eigenvalue weighted by Gasteiger charge is 2.36. The number of aromatic nitrogens is 6. The van der Waals surface area contributed by atoms with Crippen LogP contribution in [0.1, 0.15) is 15.9 Å². The van der Waals surface area contributed by atoms with Gasteiger partial charge in [0.2, 0.25) is 0 Å². The van der Waals surface area contributed by atoms with Crippen molar-refractivity contribution in [3.63, 3.8) is 0 Å². The number of halogens is 3. The molecule has 0 aliphatic heterocycles. The predicted molar refractivity (Wildman–Crippen MR) is 98.6 cm³/mol. The highest BCUT2D eigenvalue weighted by Crippen LogP contribution is 2.33. The normalized spacial score (nSPS) is 11.6. The number of thiazole rings is 1. The largest absolute Gasteiger partial charge is 0.418 e. The lowest BCUT2D eigenvalue weighted by atomic mass is 10.1. The van der Waals surface area contributed by atoms with Crippen molar-refractivity contribution in [3.8, 4) is 16.9 Å². The summed E-state index contributed by atoms with van der Waals surface area (Å²) in [4.78, 5) is 16.7. The van der Waals surface area contributed by atoms with Crippen molar-refractivity contribution in [2.45, 2.75) is 6.18 Å². The second-order valence-corrected chi connectivity index (χ2v) is 6.90. The Kier molecular flexibility index (Phi) is 4.62. The maximum atomic E-state index is 13.1. The fourth-order valence-corrected chi connectivity index (χ4v) is 3.42. The number of benzene rings is 1. The first kappa shape index (κ1) is 18.8. The van der Waals surface area contributed by atoms with Crippen LogP contribution in [0, 0.1) is 0 Å². The third kappa shape index (κ3) is 3.87. The van der Waals surface area contributed by atoms with Crippen LogP contribution in [-0.4, -0.2) is 35.7 Å². The first-order valence-corrected chi connectivity index (χ1v) is 9.03. The van der Waals surface area contributed by atoms with Crippen LogP contribution in [0.2, 0.25) is 0 Å². The van der Waals surface area contributed by atoms with E-state index in [0.29, 0.717) is 11.4 Å². The van der Waals surface area contributed by atoms with Gasteiger partial charge in [0, 0.05) is 30.4 Å². The first-order chi connectivity index (χ1) is 13.8. The van der Waals surface area contributed by atoms with Crippen molar-refractivity contribution in [2.75, 3.05) is 5.32 Å². The van der Waals surface area contributed by atoms with Crippen molar-refractivity contribution in [2.24, 2.45) is 7.05 Å². The maximum absolute atomic E-state index is 13.1. The lowest BCUT2D eigenvalue weighted by Gasteiger charge is -2.07. The topological polar surface area (TPSA) is 90.5 Å². The van der Waals surface area contributed by atoms with Crippen molar-refractivity contribution < 1.29 is 18.0 Å². The van der Waals surface area contributed by atoms with Gasteiger partial charge in [0.15, 0.2) is 5.13 Å². The van der Waals surface area contributed by atoms with Gasteiger partial charge in [-0.05, 0) is 22.6 Å². The van der Waals surface area contributed by atoms with Crippen molar-refractivity contribution in [3.05, 3.63) is 59.5 Å². The van der Waals surface area contributed by atoms with Crippen LogP contribution in [-0.2, 0) is 13.2 Å². The maximum Gasteiger partial charge on any atom is 0.418 e. The Balaban J connectivity index is 1.57. The molecular weight excluding hydrogens is 407 g/mol. The van der Waals surface area contributed by atoms with Crippen molar-refractivity contribution in [1.82, 2.24) is 29.8 Å². The van der Waals surface area contributed by atoms with Crippen LogP contribution < -0.4 is 5.32 Å². The first-order valence-electron chi connectivity index (χ1n) is 8.15. The molecule has 29 heavy (non-hydrogen) atoms. The molecule has 0 aliphatic carbocycles. The summed E-state index contributed by atoms with van der Waals surface area (Å²) in [5.41, 5.74) is 0.556. The number of aryl methyl sites for hydroxylation is 1. The van der Waals surface area contributed by atoms with Gasteiger partial charge in [-0.25, -0.2) is 9.67 Å². The molecule has 0 radical (unpaired) electrons. The highest BCUT2D eigenvalue weighted by molar-refractivity contribution is 7.14. The van der Waals surface area contributed by atoms with E-state index in [1.54, 1.807) is 17.5 Å². The third-order valence-electron chi connectivity index (χ3n) is 3.99. The standard InChI is InChI=1S/C17H12F3N7OS/c1-26-6-12(13(7-26)17(18,19)20)15(28)23-16-22-14(8-29-16)10-3-2-4-11(5-10)27-9-21-24-25-27/h2-9H,1H3,(H,22,23,28). The Labute approximate surface area is 165 Å². The number of rotatable bonds is 4. The van der Waals surface area contributed by atoms with Gasteiger partial charge in [0.25, 0.3) is 5.91 Å². The lowest BCUT2D eigenvalue weighted by molar-refractivity contribution is -0.137. The molecule has 8 nitrogen and oxygen atoms in total. The summed E-state index contributed by atoms with van der Waals surface area (Å²) in [5, 5.41) is 15.3. The molecule has 0 fully saturated rings. The van der Waals surface area contributed by atoms with E-state index in [9.17, 15) is 18.0 Å². The number of nitrogens with zero attached hydrogens (tertiary/aromatic N) is 6. The van der Waals surface area contributed by atoms with Gasteiger partial charge in [0.05, 0.1) is 22.5 Å². The summed E-state index contributed by atoms with van der Waals surface area (Å²) in [6.07, 6.45) is -1.18. The zero-order valence-electron chi connectivity index (χ0n) is 14.8. The van der Waals surface area contributed by atoms with Gasteiger partial charge in [-0.1, -0.05) is 12.1 Å². The number of hydrogen-bond donors (Lipinski definition) is 1. The Hall–Kier alpha value is -3.54. The summed E-state index contributed by atoms with van der Waals surface area (Å²) >= 11 is 1.11. The minimum atomic E-state index is -4.63. The van der Waals surface area contributed by atoms with Crippen LogP contribution >= 0.6 is 11.3 Å². The van der Waals surface area contributed by atoms with E-state index in [2.05, 4.69) is 25.8 Å². The predicted octanol–water partition coefficient (Wildman–Crippen LogP) is 3.40. The minimum Gasteiger partial charge on any atom is -0.356 e. The average Bonchev–Trinajstić information content (AvgIpc) is 3.42. The number of hydrogen-bond acceptors (Lipinski definition) is 6. The van der Waals surface area contributed by atoms with Gasteiger partial charge < -0.3 is 4.57 Å². The summed E-state index contributed by atoms with van der Waals surface area (Å²) in [6, 6.07) is 7.22. The van der Waals surface area contributed by atoms with Crippen LogP contribution in [0.3, 0.4) is 0 Å². The van der Waals surface area contributed by atoms with Gasteiger partial charge in [0.1, 0.15) is 6.33 Å². The molecule has 0 bridgehead atoms. The summed E-state index contributed by atoms with van der Waals surface area (Å²) in [5.74, 6) is -0.874. The SMILES string of the molecule is Cn1cc(C(=O)Nc2nc(-c3cccc(-n4cnnn4)c3)cs2)c(C(F)(F)F)c1. The molecule has 0 unspecified atom stereocenters. The van der Waals surface area contributed by atoms with E-state index in [4.69, 9.17) is 0 Å². The molecule has 4 aromatic rings. The highest BCUT2D eigenvalue weighted by atomic mass is 32.1. The van der Waals surface area contributed by atoms with E-state index >= 15 is 0 Å². The number of amides is 1. The molecule has 0 spiro atoms. The minimum absolute atomic E-state index is 0.190. The Bertz CT molecular complexity index is 1160. The second-order valence-electron chi connectivity index (χ2n) is 6.05. The Morgan fingerprint density at radius 1 is 1.24 bits per heavy atom. The van der Waals surface area contributed by atoms with E-state index < -0.39 is 23.2 Å². The smallest absolute Gasteiger partial charge is 0.356 e. The molecule has 0 atom stereocenters. The third-order valence-corrected chi connectivity index (χ3v) is 4.74. The zero-order chi connectivity index (χ0) is 20.6. The van der Waals surface area contributed by atoms with Crippen LogP contribution in [0.25, 0.3) is 16.9 Å². The van der Waals surface area contributed by atoms with Gasteiger partial charge >= 0.3 is 6.18 Å². The number of nitrogens with one attached hydrogen (secondary N) is 1. The van der Waals surface area contributed by atoms with E-state index in [1.165, 1.54) is 22.6 Å². The molecular formula is C17H12F3N7OS. The zero-order valence-corrected chi connectivity index (χ0v) is 15.6. The van der Waals surface area contributed by atoms with Gasteiger partial charge in [-0.2, -0.15) is 13.2 Å². The summed E-state index contributed by atoms with van der Waals surface area (Å²) < 4.78 is 42.0. The average molecular weight is 419 g/mol. The number of tetrazole rings is 1. The Morgan fingerprint density at radius 2 is 2.07 bits per heavy atom. The molecule has 3 aromatic heterocycles. The molecule has 1 aromatic carbocycles. The fourth-order valence-electron chi connectivity index (χ4n) is 2.71. The van der Waals surface area contributed by atoms with Gasteiger partial charge in [-0.15, -0.1) is 16.4 Å². The quantitative estimate of drug-likeness (QED) is 0.548. The lowest BCUT2D eigenvalue weighted by Crippen LogP contribution is -2.16. The molecule has 0 saturated heterocycles.